The van der Waals surface area contributed by atoms with E-state index in [1.807, 2.05) is 49.4 Å². The molecule has 0 amide bonds. The first-order chi connectivity index (χ1) is 19.3. The van der Waals surface area contributed by atoms with Crippen LogP contribution in [0.15, 0.2) is 87.8 Å². The highest BCUT2D eigenvalue weighted by molar-refractivity contribution is 7.07. The average Bonchev–Trinajstić information content (AvgIpc) is 3.26. The molecule has 5 rings (SSSR count). The lowest BCUT2D eigenvalue weighted by atomic mass is 9.95. The summed E-state index contributed by atoms with van der Waals surface area (Å²) >= 11 is 20.1. The lowest BCUT2D eigenvalue weighted by Crippen LogP contribution is -2.40. The van der Waals surface area contributed by atoms with Gasteiger partial charge in [0.2, 0.25) is 0 Å². The van der Waals surface area contributed by atoms with Crippen LogP contribution in [0.1, 0.15) is 36.1 Å². The highest BCUT2D eigenvalue weighted by atomic mass is 35.5. The summed E-state index contributed by atoms with van der Waals surface area (Å²) in [4.78, 5) is 32.1. The van der Waals surface area contributed by atoms with Gasteiger partial charge in [0.1, 0.15) is 12.4 Å². The molecule has 10 heteroatoms. The summed E-state index contributed by atoms with van der Waals surface area (Å²) in [5, 5.41) is 1.33. The summed E-state index contributed by atoms with van der Waals surface area (Å²) < 4.78 is 13.1. The van der Waals surface area contributed by atoms with Crippen molar-refractivity contribution in [1.82, 2.24) is 4.57 Å². The summed E-state index contributed by atoms with van der Waals surface area (Å²) in [6.07, 6.45) is 2.18. The van der Waals surface area contributed by atoms with Gasteiger partial charge in [0.05, 0.1) is 34.0 Å². The molecule has 6 nitrogen and oxygen atoms in total. The molecular formula is C30H23Cl3N2O4S. The van der Waals surface area contributed by atoms with Gasteiger partial charge in [-0.25, -0.2) is 9.79 Å². The van der Waals surface area contributed by atoms with Crippen LogP contribution in [0, 0.1) is 0 Å². The van der Waals surface area contributed by atoms with E-state index in [0.717, 1.165) is 11.1 Å². The van der Waals surface area contributed by atoms with E-state index in [1.165, 1.54) is 23.0 Å². The number of carbonyl (C=O) groups is 1. The van der Waals surface area contributed by atoms with Gasteiger partial charge >= 0.3 is 5.97 Å². The first-order valence-electron chi connectivity index (χ1n) is 12.3. The molecule has 0 bridgehead atoms. The van der Waals surface area contributed by atoms with Gasteiger partial charge in [0, 0.05) is 15.6 Å². The first-order valence-corrected chi connectivity index (χ1v) is 14.3. The minimum atomic E-state index is -0.689. The SMILES string of the molecule is CCC1=C(C(=O)OC)[C@@H](c2ccccc2)n2c(s/c(=C/c3cc(Cl)cc(Cl)c3OCc3ccc(Cl)cc3)c2=O)=N1. The molecule has 0 spiro atoms. The van der Waals surface area contributed by atoms with Gasteiger partial charge in [-0.15, -0.1) is 0 Å². The van der Waals surface area contributed by atoms with Crippen LogP contribution >= 0.6 is 46.1 Å². The smallest absolute Gasteiger partial charge is 0.338 e. The molecule has 3 aromatic carbocycles. The number of benzene rings is 3. The number of methoxy groups -OCH3 is 1. The van der Waals surface area contributed by atoms with Crippen LogP contribution in [0.2, 0.25) is 15.1 Å². The summed E-state index contributed by atoms with van der Waals surface area (Å²) in [5.41, 5.74) is 2.81. The number of hydrogen-bond acceptors (Lipinski definition) is 6. The summed E-state index contributed by atoms with van der Waals surface area (Å²) in [5.74, 6) is -0.140. The quantitative estimate of drug-likeness (QED) is 0.228. The summed E-state index contributed by atoms with van der Waals surface area (Å²) in [7, 11) is 1.32. The predicted molar refractivity (Wildman–Crippen MR) is 159 cm³/mol. The Kier molecular flexibility index (Phi) is 8.47. The van der Waals surface area contributed by atoms with Gasteiger partial charge in [-0.3, -0.25) is 9.36 Å². The molecule has 1 aromatic heterocycles. The second-order valence-corrected chi connectivity index (χ2v) is 11.2. The highest BCUT2D eigenvalue weighted by Crippen LogP contribution is 2.34. The third kappa shape index (κ3) is 5.60. The largest absolute Gasteiger partial charge is 0.487 e. The van der Waals surface area contributed by atoms with Crippen molar-refractivity contribution in [3.63, 3.8) is 0 Å². The zero-order valence-corrected chi connectivity index (χ0v) is 24.6. The van der Waals surface area contributed by atoms with Crippen molar-refractivity contribution >= 4 is 58.2 Å². The summed E-state index contributed by atoms with van der Waals surface area (Å²) in [6.45, 7) is 2.15. The number of carbonyl (C=O) groups excluding carboxylic acids is 1. The number of ether oxygens (including phenoxy) is 2. The molecule has 40 heavy (non-hydrogen) atoms. The van der Waals surface area contributed by atoms with Crippen LogP contribution in [0.5, 0.6) is 5.75 Å². The minimum absolute atomic E-state index is 0.233. The zero-order valence-electron chi connectivity index (χ0n) is 21.5. The molecule has 1 aliphatic heterocycles. The van der Waals surface area contributed by atoms with Crippen LogP contribution in [-0.4, -0.2) is 17.6 Å². The van der Waals surface area contributed by atoms with Crippen LogP contribution in [0.4, 0.5) is 0 Å². The highest BCUT2D eigenvalue weighted by Gasteiger charge is 2.33. The van der Waals surface area contributed by atoms with E-state index in [0.29, 0.717) is 53.4 Å². The monoisotopic (exact) mass is 612 g/mol. The molecule has 0 N–H and O–H groups in total. The number of nitrogens with zero attached hydrogens (tertiary/aromatic N) is 2. The van der Waals surface area contributed by atoms with Gasteiger partial charge < -0.3 is 9.47 Å². The van der Waals surface area contributed by atoms with Crippen molar-refractivity contribution in [2.45, 2.75) is 26.0 Å². The first kappa shape index (κ1) is 28.2. The van der Waals surface area contributed by atoms with E-state index < -0.39 is 12.0 Å². The van der Waals surface area contributed by atoms with Gasteiger partial charge in [0.25, 0.3) is 5.56 Å². The lowest BCUT2D eigenvalue weighted by molar-refractivity contribution is -0.136. The second kappa shape index (κ2) is 12.0. The van der Waals surface area contributed by atoms with Crippen molar-refractivity contribution in [3.8, 4) is 5.75 Å². The van der Waals surface area contributed by atoms with Gasteiger partial charge in [-0.05, 0) is 47.9 Å². The molecule has 0 radical (unpaired) electrons. The lowest BCUT2D eigenvalue weighted by Gasteiger charge is -2.25. The van der Waals surface area contributed by atoms with Gasteiger partial charge in [-0.2, -0.15) is 0 Å². The topological polar surface area (TPSA) is 69.9 Å². The van der Waals surface area contributed by atoms with E-state index in [4.69, 9.17) is 49.3 Å². The van der Waals surface area contributed by atoms with Crippen LogP contribution in [0.3, 0.4) is 0 Å². The number of rotatable bonds is 7. The number of allylic oxidation sites excluding steroid dienone is 1. The molecule has 2 heterocycles. The third-order valence-electron chi connectivity index (χ3n) is 6.39. The fourth-order valence-corrected chi connectivity index (χ4v) is 6.23. The molecule has 0 saturated heterocycles. The van der Waals surface area contributed by atoms with Crippen molar-refractivity contribution < 1.29 is 14.3 Å². The number of thiazole rings is 1. The number of hydrogen-bond donors (Lipinski definition) is 0. The number of aromatic nitrogens is 1. The van der Waals surface area contributed by atoms with E-state index in [9.17, 15) is 9.59 Å². The van der Waals surface area contributed by atoms with Gasteiger partial charge in [-0.1, -0.05) is 95.5 Å². The molecule has 0 unspecified atom stereocenters. The second-order valence-electron chi connectivity index (χ2n) is 8.92. The van der Waals surface area contributed by atoms with Crippen molar-refractivity contribution in [1.29, 1.82) is 0 Å². The maximum absolute atomic E-state index is 13.9. The van der Waals surface area contributed by atoms with Crippen molar-refractivity contribution in [3.05, 3.63) is 129 Å². The molecule has 204 valence electrons. The van der Waals surface area contributed by atoms with Crippen LogP contribution in [-0.2, 0) is 16.1 Å². The zero-order chi connectivity index (χ0) is 28.4. The Morgan fingerprint density at radius 1 is 1.05 bits per heavy atom. The minimum Gasteiger partial charge on any atom is -0.487 e. The molecule has 1 atom stereocenters. The van der Waals surface area contributed by atoms with Gasteiger partial charge in [0.15, 0.2) is 4.80 Å². The Balaban J connectivity index is 1.66. The van der Waals surface area contributed by atoms with Crippen molar-refractivity contribution in [2.75, 3.05) is 7.11 Å². The maximum Gasteiger partial charge on any atom is 0.338 e. The molecule has 0 aliphatic carbocycles. The Bertz CT molecular complexity index is 1800. The Labute approximate surface area is 249 Å². The molecule has 1 aliphatic rings. The number of esters is 1. The fraction of sp³-hybridized carbons (Fsp3) is 0.167. The Morgan fingerprint density at radius 2 is 1.77 bits per heavy atom. The summed E-state index contributed by atoms with van der Waals surface area (Å²) in [6, 6.07) is 19.2. The van der Waals surface area contributed by atoms with Crippen LogP contribution in [0.25, 0.3) is 6.08 Å². The normalized spacial score (nSPS) is 15.0. The Morgan fingerprint density at radius 3 is 2.45 bits per heavy atom. The average molecular weight is 614 g/mol. The Hall–Kier alpha value is -3.36. The molecule has 0 fully saturated rings. The van der Waals surface area contributed by atoms with E-state index in [1.54, 1.807) is 30.3 Å². The maximum atomic E-state index is 13.9. The van der Waals surface area contributed by atoms with E-state index in [2.05, 4.69) is 0 Å². The number of fused-ring (bicyclic) bond motifs is 1. The van der Waals surface area contributed by atoms with E-state index >= 15 is 0 Å². The van der Waals surface area contributed by atoms with Crippen LogP contribution < -0.4 is 19.6 Å². The fourth-order valence-electron chi connectivity index (χ4n) is 4.53. The standard InChI is InChI=1S/C30H23Cl3N2O4S/c1-3-23-25(29(37)38-2)26(18-7-5-4-6-8-18)35-28(36)24(40-30(35)34-23)14-19-13-21(32)15-22(33)27(19)39-16-17-9-11-20(31)12-10-17/h4-15,26H,3,16H2,1-2H3/b24-14+/t26-/m1/s1. The van der Waals surface area contributed by atoms with E-state index in [-0.39, 0.29) is 12.2 Å². The molecule has 4 aromatic rings. The third-order valence-corrected chi connectivity index (χ3v) is 8.12. The van der Waals surface area contributed by atoms with Crippen molar-refractivity contribution in [2.24, 2.45) is 4.99 Å². The molecule has 0 saturated carbocycles. The number of halogens is 3. The predicted octanol–water partition coefficient (Wildman–Crippen LogP) is 6.34. The molecular weight excluding hydrogens is 591 g/mol.